The molecular weight excluding hydrogens is 316 g/mol. The van der Waals surface area contributed by atoms with E-state index in [1.54, 1.807) is 20.2 Å². The van der Waals surface area contributed by atoms with Gasteiger partial charge in [-0.15, -0.1) is 0 Å². The van der Waals surface area contributed by atoms with E-state index >= 15 is 0 Å². The average Bonchev–Trinajstić information content (AvgIpc) is 2.62. The van der Waals surface area contributed by atoms with Crippen LogP contribution in [0.15, 0.2) is 54.7 Å². The van der Waals surface area contributed by atoms with Crippen molar-refractivity contribution in [2.24, 2.45) is 5.73 Å². The van der Waals surface area contributed by atoms with Gasteiger partial charge >= 0.3 is 0 Å². The molecule has 0 aliphatic heterocycles. The lowest BCUT2D eigenvalue weighted by molar-refractivity contribution is -0.135. The molecule has 0 aliphatic rings. The van der Waals surface area contributed by atoms with Crippen LogP contribution >= 0.6 is 0 Å². The van der Waals surface area contributed by atoms with Crippen LogP contribution in [0.1, 0.15) is 24.2 Å². The third kappa shape index (κ3) is 5.69. The van der Waals surface area contributed by atoms with Gasteiger partial charge in [-0.3, -0.25) is 14.6 Å². The smallest absolute Gasteiger partial charge is 0.240 e. The SMILES string of the molecule is C[C@H](N)C(=O)N(C)CC(=O)NC(Cc1ccccn1)c1ccccc1. The maximum Gasteiger partial charge on any atom is 0.240 e. The Kier molecular flexibility index (Phi) is 6.65. The van der Waals surface area contributed by atoms with Crippen LogP contribution in [0.3, 0.4) is 0 Å². The first-order valence-electron chi connectivity index (χ1n) is 8.22. The third-order valence-electron chi connectivity index (χ3n) is 3.82. The van der Waals surface area contributed by atoms with Gasteiger partial charge in [-0.1, -0.05) is 36.4 Å². The van der Waals surface area contributed by atoms with Crippen molar-refractivity contribution in [1.29, 1.82) is 0 Å². The number of nitrogens with zero attached hydrogens (tertiary/aromatic N) is 2. The number of nitrogens with two attached hydrogens (primary N) is 1. The first-order chi connectivity index (χ1) is 12.0. The van der Waals surface area contributed by atoms with Crippen molar-refractivity contribution in [2.75, 3.05) is 13.6 Å². The van der Waals surface area contributed by atoms with Crippen molar-refractivity contribution < 1.29 is 9.59 Å². The van der Waals surface area contributed by atoms with Gasteiger partial charge in [0.1, 0.15) is 0 Å². The summed E-state index contributed by atoms with van der Waals surface area (Å²) in [5, 5.41) is 2.99. The number of carbonyl (C=O) groups is 2. The van der Waals surface area contributed by atoms with Crippen LogP contribution in [-0.2, 0) is 16.0 Å². The van der Waals surface area contributed by atoms with Gasteiger partial charge in [-0.25, -0.2) is 0 Å². The zero-order valence-corrected chi connectivity index (χ0v) is 14.6. The topological polar surface area (TPSA) is 88.3 Å². The Labute approximate surface area is 148 Å². The number of likely N-dealkylation sites (N-methyl/N-ethyl adjacent to an activating group) is 1. The average molecular weight is 340 g/mol. The highest BCUT2D eigenvalue weighted by Gasteiger charge is 2.20. The second-order valence-electron chi connectivity index (χ2n) is 6.04. The molecule has 1 aromatic carbocycles. The fourth-order valence-corrected chi connectivity index (χ4v) is 2.55. The number of hydrogen-bond donors (Lipinski definition) is 2. The molecule has 132 valence electrons. The fraction of sp³-hybridized carbons (Fsp3) is 0.316. The zero-order chi connectivity index (χ0) is 18.2. The molecule has 2 rings (SSSR count). The number of pyridine rings is 1. The van der Waals surface area contributed by atoms with E-state index in [1.165, 1.54) is 4.90 Å². The number of benzene rings is 1. The van der Waals surface area contributed by atoms with E-state index in [0.717, 1.165) is 11.3 Å². The molecule has 2 amide bonds. The Morgan fingerprint density at radius 1 is 1.16 bits per heavy atom. The van der Waals surface area contributed by atoms with Gasteiger partial charge in [0.25, 0.3) is 0 Å². The summed E-state index contributed by atoms with van der Waals surface area (Å²) in [6.07, 6.45) is 2.30. The highest BCUT2D eigenvalue weighted by molar-refractivity contribution is 5.87. The van der Waals surface area contributed by atoms with Crippen molar-refractivity contribution in [2.45, 2.75) is 25.4 Å². The minimum absolute atomic E-state index is 0.0358. The summed E-state index contributed by atoms with van der Waals surface area (Å²) >= 11 is 0. The summed E-state index contributed by atoms with van der Waals surface area (Å²) < 4.78 is 0. The van der Waals surface area contributed by atoms with E-state index in [1.807, 2.05) is 48.5 Å². The lowest BCUT2D eigenvalue weighted by Crippen LogP contribution is -2.45. The molecule has 2 aromatic rings. The molecule has 1 aromatic heterocycles. The van der Waals surface area contributed by atoms with Crippen LogP contribution in [0, 0.1) is 0 Å². The van der Waals surface area contributed by atoms with Gasteiger partial charge in [0.15, 0.2) is 0 Å². The third-order valence-corrected chi connectivity index (χ3v) is 3.82. The van der Waals surface area contributed by atoms with Crippen molar-refractivity contribution in [3.05, 3.63) is 66.0 Å². The Morgan fingerprint density at radius 3 is 2.44 bits per heavy atom. The van der Waals surface area contributed by atoms with Crippen molar-refractivity contribution in [1.82, 2.24) is 15.2 Å². The number of nitrogens with one attached hydrogen (secondary N) is 1. The van der Waals surface area contributed by atoms with Gasteiger partial charge in [-0.05, 0) is 24.6 Å². The molecule has 0 spiro atoms. The number of hydrogen-bond acceptors (Lipinski definition) is 4. The minimum Gasteiger partial charge on any atom is -0.347 e. The minimum atomic E-state index is -0.628. The first kappa shape index (κ1) is 18.6. The van der Waals surface area contributed by atoms with E-state index in [-0.39, 0.29) is 24.4 Å². The molecule has 1 heterocycles. The van der Waals surface area contributed by atoms with Crippen LogP contribution in [0.2, 0.25) is 0 Å². The van der Waals surface area contributed by atoms with Crippen LogP contribution in [0.25, 0.3) is 0 Å². The molecule has 0 bridgehead atoms. The van der Waals surface area contributed by atoms with E-state index < -0.39 is 6.04 Å². The van der Waals surface area contributed by atoms with Gasteiger partial charge in [0.05, 0.1) is 18.6 Å². The fourth-order valence-electron chi connectivity index (χ4n) is 2.55. The monoisotopic (exact) mass is 340 g/mol. The number of rotatable bonds is 7. The molecule has 3 N–H and O–H groups in total. The second kappa shape index (κ2) is 8.94. The molecule has 0 saturated carbocycles. The largest absolute Gasteiger partial charge is 0.347 e. The standard InChI is InChI=1S/C19H24N4O2/c1-14(20)19(25)23(2)13-18(24)22-17(15-8-4-3-5-9-15)12-16-10-6-7-11-21-16/h3-11,14,17H,12-13,20H2,1-2H3,(H,22,24)/t14-,17?/m0/s1. The molecule has 6 heteroatoms. The lowest BCUT2D eigenvalue weighted by Gasteiger charge is -2.23. The molecule has 1 unspecified atom stereocenters. The molecule has 0 saturated heterocycles. The Morgan fingerprint density at radius 2 is 1.84 bits per heavy atom. The number of amides is 2. The van der Waals surface area contributed by atoms with Gasteiger partial charge in [0.2, 0.25) is 11.8 Å². The summed E-state index contributed by atoms with van der Waals surface area (Å²) in [5.41, 5.74) is 7.45. The van der Waals surface area contributed by atoms with Crippen molar-refractivity contribution in [3.63, 3.8) is 0 Å². The lowest BCUT2D eigenvalue weighted by atomic mass is 10.0. The van der Waals surface area contributed by atoms with Crippen molar-refractivity contribution in [3.8, 4) is 0 Å². The Bertz CT molecular complexity index is 689. The predicted octanol–water partition coefficient (Wildman–Crippen LogP) is 1.29. The van der Waals surface area contributed by atoms with Gasteiger partial charge < -0.3 is 16.0 Å². The van der Waals surface area contributed by atoms with E-state index in [4.69, 9.17) is 5.73 Å². The van der Waals surface area contributed by atoms with Crippen LogP contribution < -0.4 is 11.1 Å². The van der Waals surface area contributed by atoms with Crippen LogP contribution in [-0.4, -0.2) is 41.3 Å². The summed E-state index contributed by atoms with van der Waals surface area (Å²) in [5.74, 6) is -0.502. The molecule has 0 aliphatic carbocycles. The molecule has 6 nitrogen and oxygen atoms in total. The Balaban J connectivity index is 2.08. The molecule has 0 radical (unpaired) electrons. The second-order valence-corrected chi connectivity index (χ2v) is 6.04. The van der Waals surface area contributed by atoms with Gasteiger partial charge in [0, 0.05) is 25.4 Å². The van der Waals surface area contributed by atoms with Crippen LogP contribution in [0.4, 0.5) is 0 Å². The summed E-state index contributed by atoms with van der Waals surface area (Å²) in [4.78, 5) is 29.9. The summed E-state index contributed by atoms with van der Waals surface area (Å²) in [6.45, 7) is 1.57. The summed E-state index contributed by atoms with van der Waals surface area (Å²) in [7, 11) is 1.57. The van der Waals surface area contributed by atoms with Gasteiger partial charge in [-0.2, -0.15) is 0 Å². The van der Waals surface area contributed by atoms with E-state index in [0.29, 0.717) is 6.42 Å². The van der Waals surface area contributed by atoms with E-state index in [2.05, 4.69) is 10.3 Å². The highest BCUT2D eigenvalue weighted by Crippen LogP contribution is 2.17. The maximum absolute atomic E-state index is 12.4. The first-order valence-corrected chi connectivity index (χ1v) is 8.22. The van der Waals surface area contributed by atoms with Crippen LogP contribution in [0.5, 0.6) is 0 Å². The molecule has 25 heavy (non-hydrogen) atoms. The molecular formula is C19H24N4O2. The molecule has 0 fully saturated rings. The molecule has 2 atom stereocenters. The van der Waals surface area contributed by atoms with Crippen molar-refractivity contribution >= 4 is 11.8 Å². The zero-order valence-electron chi connectivity index (χ0n) is 14.6. The quantitative estimate of drug-likeness (QED) is 0.795. The predicted molar refractivity (Wildman–Crippen MR) is 96.6 cm³/mol. The Hall–Kier alpha value is -2.73. The number of carbonyl (C=O) groups excluding carboxylic acids is 2. The normalized spacial score (nSPS) is 12.9. The highest BCUT2D eigenvalue weighted by atomic mass is 16.2. The summed E-state index contributed by atoms with van der Waals surface area (Å²) in [6, 6.07) is 14.6. The maximum atomic E-state index is 12.4. The van der Waals surface area contributed by atoms with E-state index in [9.17, 15) is 9.59 Å². The number of aromatic nitrogens is 1.